The molecule has 1 amide bonds. The highest BCUT2D eigenvalue weighted by Gasteiger charge is 2.15. The van der Waals surface area contributed by atoms with Gasteiger partial charge in [0.25, 0.3) is 11.5 Å². The Morgan fingerprint density at radius 3 is 2.45 bits per heavy atom. The van der Waals surface area contributed by atoms with Gasteiger partial charge in [0.1, 0.15) is 0 Å². The van der Waals surface area contributed by atoms with E-state index in [1.54, 1.807) is 41.9 Å². The molecular formula is C24H21N3O2S2. The quantitative estimate of drug-likeness (QED) is 0.344. The van der Waals surface area contributed by atoms with Crippen LogP contribution in [0, 0.1) is 4.77 Å². The number of carbonyl (C=O) groups is 1. The maximum Gasteiger partial charge on any atom is 0.266 e. The van der Waals surface area contributed by atoms with Crippen molar-refractivity contribution in [3.63, 3.8) is 0 Å². The largest absolute Gasteiger partial charge is 0.337 e. The van der Waals surface area contributed by atoms with Crippen molar-refractivity contribution in [2.24, 2.45) is 0 Å². The number of para-hydroxylation sites is 1. The van der Waals surface area contributed by atoms with Crippen LogP contribution in [-0.2, 0) is 6.54 Å². The lowest BCUT2D eigenvalue weighted by molar-refractivity contribution is 0.0785. The van der Waals surface area contributed by atoms with Crippen molar-refractivity contribution in [3.05, 3.63) is 99.0 Å². The minimum atomic E-state index is -0.216. The third-order valence-electron chi connectivity index (χ3n) is 5.08. The summed E-state index contributed by atoms with van der Waals surface area (Å²) in [5, 5.41) is 0.476. The van der Waals surface area contributed by atoms with E-state index in [0.717, 1.165) is 5.56 Å². The van der Waals surface area contributed by atoms with Crippen molar-refractivity contribution >= 4 is 40.8 Å². The van der Waals surface area contributed by atoms with E-state index in [9.17, 15) is 9.59 Å². The number of nitrogens with one attached hydrogen (secondary N) is 1. The van der Waals surface area contributed by atoms with Gasteiger partial charge in [0, 0.05) is 24.1 Å². The minimum absolute atomic E-state index is 0.123. The first kappa shape index (κ1) is 21.1. The van der Waals surface area contributed by atoms with Crippen LogP contribution in [0.1, 0.15) is 15.9 Å². The van der Waals surface area contributed by atoms with Crippen LogP contribution in [-0.4, -0.2) is 33.7 Å². The second-order valence-corrected chi connectivity index (χ2v) is 8.44. The Morgan fingerprint density at radius 1 is 1.06 bits per heavy atom. The topological polar surface area (TPSA) is 58.1 Å². The van der Waals surface area contributed by atoms with E-state index < -0.39 is 0 Å². The van der Waals surface area contributed by atoms with Crippen LogP contribution in [0.3, 0.4) is 0 Å². The van der Waals surface area contributed by atoms with Gasteiger partial charge >= 0.3 is 0 Å². The zero-order chi connectivity index (χ0) is 22.0. The summed E-state index contributed by atoms with van der Waals surface area (Å²) in [4.78, 5) is 32.0. The van der Waals surface area contributed by atoms with Gasteiger partial charge < -0.3 is 9.88 Å². The first-order chi connectivity index (χ1) is 15.0. The van der Waals surface area contributed by atoms with E-state index in [0.29, 0.717) is 28.7 Å². The second-order valence-electron chi connectivity index (χ2n) is 7.18. The third kappa shape index (κ3) is 4.33. The van der Waals surface area contributed by atoms with E-state index >= 15 is 0 Å². The monoisotopic (exact) mass is 447 g/mol. The van der Waals surface area contributed by atoms with E-state index in [4.69, 9.17) is 12.2 Å². The molecule has 0 aliphatic rings. The number of carbonyl (C=O) groups excluding carboxylic acids is 1. The zero-order valence-electron chi connectivity index (χ0n) is 17.2. The maximum atomic E-state index is 13.0. The standard InChI is InChI=1S/C24H21N3O2S2/c1-26(15-16-8-11-19(31-2)12-9-16)22(28)17-10-13-20-21(14-17)25-24(30)27(23(20)29)18-6-4-3-5-7-18/h3-14H,15H2,1-2H3,(H,25,30). The molecule has 1 N–H and O–H groups in total. The molecule has 0 radical (unpaired) electrons. The lowest BCUT2D eigenvalue weighted by Gasteiger charge is -2.18. The molecular weight excluding hydrogens is 426 g/mol. The SMILES string of the molecule is CSc1ccc(CN(C)C(=O)c2ccc3c(=O)n(-c4ccccc4)c(=S)[nH]c3c2)cc1. The van der Waals surface area contributed by atoms with Crippen molar-refractivity contribution < 1.29 is 4.79 Å². The van der Waals surface area contributed by atoms with Gasteiger partial charge in [-0.3, -0.25) is 14.2 Å². The number of rotatable bonds is 5. The normalized spacial score (nSPS) is 10.9. The van der Waals surface area contributed by atoms with Gasteiger partial charge in [0.2, 0.25) is 0 Å². The zero-order valence-corrected chi connectivity index (χ0v) is 18.8. The highest BCUT2D eigenvalue weighted by molar-refractivity contribution is 7.98. The molecule has 1 aromatic heterocycles. The Balaban J connectivity index is 1.65. The fourth-order valence-electron chi connectivity index (χ4n) is 3.46. The number of H-pyrrole nitrogens is 1. The highest BCUT2D eigenvalue weighted by atomic mass is 32.2. The third-order valence-corrected chi connectivity index (χ3v) is 6.11. The van der Waals surface area contributed by atoms with Crippen molar-refractivity contribution in [2.45, 2.75) is 11.4 Å². The number of hydrogen-bond donors (Lipinski definition) is 1. The molecule has 4 rings (SSSR count). The van der Waals surface area contributed by atoms with E-state index in [1.165, 1.54) is 9.46 Å². The van der Waals surface area contributed by atoms with Crippen molar-refractivity contribution in [2.75, 3.05) is 13.3 Å². The summed E-state index contributed by atoms with van der Waals surface area (Å²) in [6, 6.07) is 22.5. The molecule has 0 saturated carbocycles. The fourth-order valence-corrected chi connectivity index (χ4v) is 4.17. The summed E-state index contributed by atoms with van der Waals surface area (Å²) in [6.07, 6.45) is 2.03. The summed E-state index contributed by atoms with van der Waals surface area (Å²) < 4.78 is 1.75. The van der Waals surface area contributed by atoms with Gasteiger partial charge in [-0.15, -0.1) is 11.8 Å². The molecule has 7 heteroatoms. The number of benzene rings is 3. The van der Waals surface area contributed by atoms with Crippen LogP contribution in [0.4, 0.5) is 0 Å². The lowest BCUT2D eigenvalue weighted by atomic mass is 10.1. The van der Waals surface area contributed by atoms with Crippen LogP contribution < -0.4 is 5.56 Å². The molecule has 0 unspecified atom stereocenters. The van der Waals surface area contributed by atoms with Gasteiger partial charge in [-0.05, 0) is 66.5 Å². The lowest BCUT2D eigenvalue weighted by Crippen LogP contribution is -2.26. The van der Waals surface area contributed by atoms with E-state index in [1.807, 2.05) is 60.9 Å². The maximum absolute atomic E-state index is 13.0. The summed E-state index contributed by atoms with van der Waals surface area (Å²) in [7, 11) is 1.77. The van der Waals surface area contributed by atoms with Crippen LogP contribution in [0.2, 0.25) is 0 Å². The number of aromatic nitrogens is 2. The van der Waals surface area contributed by atoms with E-state index in [-0.39, 0.29) is 16.2 Å². The molecule has 0 aliphatic carbocycles. The van der Waals surface area contributed by atoms with E-state index in [2.05, 4.69) is 4.98 Å². The molecule has 0 spiro atoms. The van der Waals surface area contributed by atoms with Crippen LogP contribution in [0.25, 0.3) is 16.6 Å². The Labute approximate surface area is 189 Å². The molecule has 1 heterocycles. The first-order valence-corrected chi connectivity index (χ1v) is 11.3. The molecule has 0 saturated heterocycles. The average Bonchev–Trinajstić information content (AvgIpc) is 2.79. The van der Waals surface area contributed by atoms with Gasteiger partial charge in [-0.25, -0.2) is 0 Å². The summed E-state index contributed by atoms with van der Waals surface area (Å²) in [5.74, 6) is -0.123. The Kier molecular flexibility index (Phi) is 6.06. The molecule has 156 valence electrons. The molecule has 5 nitrogen and oxygen atoms in total. The second kappa shape index (κ2) is 8.91. The Morgan fingerprint density at radius 2 is 1.77 bits per heavy atom. The molecule has 31 heavy (non-hydrogen) atoms. The predicted octanol–water partition coefficient (Wildman–Crippen LogP) is 5.04. The number of hydrogen-bond acceptors (Lipinski definition) is 4. The first-order valence-electron chi connectivity index (χ1n) is 9.71. The number of fused-ring (bicyclic) bond motifs is 1. The van der Waals surface area contributed by atoms with Crippen molar-refractivity contribution in [3.8, 4) is 5.69 Å². The summed E-state index contributed by atoms with van der Waals surface area (Å²) in [6.45, 7) is 0.497. The number of amides is 1. The van der Waals surface area contributed by atoms with Gasteiger partial charge in [0.15, 0.2) is 4.77 Å². The average molecular weight is 448 g/mol. The van der Waals surface area contributed by atoms with Gasteiger partial charge in [-0.2, -0.15) is 0 Å². The van der Waals surface area contributed by atoms with Crippen LogP contribution >= 0.6 is 24.0 Å². The molecule has 0 aliphatic heterocycles. The summed E-state index contributed by atoms with van der Waals surface area (Å²) >= 11 is 7.11. The van der Waals surface area contributed by atoms with Crippen molar-refractivity contribution in [1.29, 1.82) is 0 Å². The van der Waals surface area contributed by atoms with Crippen LogP contribution in [0.15, 0.2) is 82.5 Å². The molecule has 0 atom stereocenters. The smallest absolute Gasteiger partial charge is 0.266 e. The number of nitrogens with zero attached hydrogens (tertiary/aromatic N) is 2. The molecule has 0 fully saturated rings. The minimum Gasteiger partial charge on any atom is -0.337 e. The highest BCUT2D eigenvalue weighted by Crippen LogP contribution is 2.18. The summed E-state index contributed by atoms with van der Waals surface area (Å²) in [5.41, 5.74) is 2.58. The molecule has 0 bridgehead atoms. The fraction of sp³-hybridized carbons (Fsp3) is 0.125. The Hall–Kier alpha value is -3.16. The molecule has 4 aromatic rings. The molecule has 3 aromatic carbocycles. The Bertz CT molecular complexity index is 1360. The van der Waals surface area contributed by atoms with Gasteiger partial charge in [-0.1, -0.05) is 30.3 Å². The van der Waals surface area contributed by atoms with Crippen LogP contribution in [0.5, 0.6) is 0 Å². The van der Waals surface area contributed by atoms with Gasteiger partial charge in [0.05, 0.1) is 16.6 Å². The van der Waals surface area contributed by atoms with Crippen molar-refractivity contribution in [1.82, 2.24) is 14.5 Å². The predicted molar refractivity (Wildman–Crippen MR) is 129 cm³/mol. The number of thioether (sulfide) groups is 1. The number of aromatic amines is 1.